The molecule has 1 aromatic rings. The fourth-order valence-corrected chi connectivity index (χ4v) is 1.73. The molecule has 0 saturated heterocycles. The highest BCUT2D eigenvalue weighted by molar-refractivity contribution is 5.94. The molecule has 0 radical (unpaired) electrons. The van der Waals surface area contributed by atoms with E-state index in [4.69, 9.17) is 10.8 Å². The summed E-state index contributed by atoms with van der Waals surface area (Å²) in [6.45, 7) is 1.97. The first-order valence-corrected chi connectivity index (χ1v) is 6.40. The van der Waals surface area contributed by atoms with Gasteiger partial charge in [-0.15, -0.1) is 0 Å². The topological polar surface area (TPSA) is 92.4 Å². The molecule has 0 aromatic heterocycles. The number of carboxylic acids is 1. The van der Waals surface area contributed by atoms with Crippen molar-refractivity contribution in [1.82, 2.24) is 0 Å². The van der Waals surface area contributed by atoms with Gasteiger partial charge in [0, 0.05) is 12.1 Å². The van der Waals surface area contributed by atoms with E-state index in [2.05, 4.69) is 5.32 Å². The van der Waals surface area contributed by atoms with Crippen molar-refractivity contribution in [2.75, 3.05) is 5.32 Å². The molecule has 5 nitrogen and oxygen atoms in total. The summed E-state index contributed by atoms with van der Waals surface area (Å²) in [6.07, 6.45) is 2.02. The first-order chi connectivity index (χ1) is 9.02. The number of amides is 1. The van der Waals surface area contributed by atoms with E-state index in [9.17, 15) is 9.59 Å². The van der Waals surface area contributed by atoms with Gasteiger partial charge in [-0.05, 0) is 30.5 Å². The maximum absolute atomic E-state index is 11.7. The molecule has 4 N–H and O–H groups in total. The summed E-state index contributed by atoms with van der Waals surface area (Å²) in [6, 6.07) is 6.66. The van der Waals surface area contributed by atoms with Crippen LogP contribution in [0.15, 0.2) is 24.3 Å². The largest absolute Gasteiger partial charge is 0.481 e. The summed E-state index contributed by atoms with van der Waals surface area (Å²) < 4.78 is 0. The van der Waals surface area contributed by atoms with Crippen molar-refractivity contribution in [3.05, 3.63) is 29.8 Å². The number of benzene rings is 1. The van der Waals surface area contributed by atoms with Crippen LogP contribution in [-0.4, -0.2) is 23.0 Å². The molecule has 1 amide bonds. The van der Waals surface area contributed by atoms with E-state index < -0.39 is 12.0 Å². The number of carbonyl (C=O) groups excluding carboxylic acids is 1. The van der Waals surface area contributed by atoms with Crippen LogP contribution >= 0.6 is 0 Å². The lowest BCUT2D eigenvalue weighted by molar-refractivity contribution is -0.137. The molecule has 0 saturated carbocycles. The Morgan fingerprint density at radius 3 is 2.79 bits per heavy atom. The van der Waals surface area contributed by atoms with Gasteiger partial charge in [0.2, 0.25) is 5.91 Å². The third kappa shape index (κ3) is 5.52. The highest BCUT2D eigenvalue weighted by atomic mass is 16.4. The van der Waals surface area contributed by atoms with Gasteiger partial charge < -0.3 is 16.2 Å². The Hall–Kier alpha value is -1.88. The summed E-state index contributed by atoms with van der Waals surface area (Å²) in [4.78, 5) is 22.3. The zero-order valence-corrected chi connectivity index (χ0v) is 11.1. The first kappa shape index (κ1) is 15.2. The number of rotatable bonds is 7. The number of anilines is 1. The van der Waals surface area contributed by atoms with E-state index in [0.717, 1.165) is 12.0 Å². The minimum absolute atomic E-state index is 0.0761. The van der Waals surface area contributed by atoms with Crippen LogP contribution < -0.4 is 11.1 Å². The molecule has 0 spiro atoms. The van der Waals surface area contributed by atoms with Crippen molar-refractivity contribution in [3.8, 4) is 0 Å². The minimum Gasteiger partial charge on any atom is -0.481 e. The molecular weight excluding hydrogens is 244 g/mol. The minimum atomic E-state index is -0.834. The van der Waals surface area contributed by atoms with Gasteiger partial charge >= 0.3 is 5.97 Å². The maximum Gasteiger partial charge on any atom is 0.303 e. The Kier molecular flexibility index (Phi) is 6.02. The SMILES string of the molecule is CCCC(N)C(=O)Nc1cccc(CCC(=O)O)c1. The average Bonchev–Trinajstić information content (AvgIpc) is 2.37. The van der Waals surface area contributed by atoms with Gasteiger partial charge in [0.25, 0.3) is 0 Å². The van der Waals surface area contributed by atoms with E-state index in [-0.39, 0.29) is 12.3 Å². The number of aryl methyl sites for hydroxylation is 1. The normalized spacial score (nSPS) is 11.9. The number of nitrogens with two attached hydrogens (primary N) is 1. The number of nitrogens with one attached hydrogen (secondary N) is 1. The summed E-state index contributed by atoms with van der Waals surface area (Å²) in [5.74, 6) is -1.04. The van der Waals surface area contributed by atoms with E-state index in [1.54, 1.807) is 18.2 Å². The summed E-state index contributed by atoms with van der Waals surface area (Å²) in [7, 11) is 0. The second-order valence-corrected chi connectivity index (χ2v) is 4.48. The van der Waals surface area contributed by atoms with Crippen molar-refractivity contribution < 1.29 is 14.7 Å². The van der Waals surface area contributed by atoms with E-state index in [0.29, 0.717) is 18.5 Å². The molecular formula is C14H20N2O3. The Bertz CT molecular complexity index is 446. The van der Waals surface area contributed by atoms with Gasteiger partial charge in [0.1, 0.15) is 0 Å². The quantitative estimate of drug-likeness (QED) is 0.699. The van der Waals surface area contributed by atoms with Gasteiger partial charge in [-0.2, -0.15) is 0 Å². The molecule has 0 aliphatic carbocycles. The smallest absolute Gasteiger partial charge is 0.303 e. The van der Waals surface area contributed by atoms with Crippen LogP contribution in [0.5, 0.6) is 0 Å². The van der Waals surface area contributed by atoms with Gasteiger partial charge in [-0.1, -0.05) is 25.5 Å². The standard InChI is InChI=1S/C14H20N2O3/c1-2-4-12(15)14(19)16-11-6-3-5-10(9-11)7-8-13(17)18/h3,5-6,9,12H,2,4,7-8,15H2,1H3,(H,16,19)(H,17,18). The molecule has 0 aliphatic rings. The molecule has 1 rings (SSSR count). The number of hydrogen-bond acceptors (Lipinski definition) is 3. The molecule has 5 heteroatoms. The monoisotopic (exact) mass is 264 g/mol. The third-order valence-electron chi connectivity index (χ3n) is 2.76. The number of hydrogen-bond donors (Lipinski definition) is 3. The summed E-state index contributed by atoms with van der Waals surface area (Å²) in [5.41, 5.74) is 7.25. The lowest BCUT2D eigenvalue weighted by Crippen LogP contribution is -2.35. The predicted octanol–water partition coefficient (Wildman–Crippen LogP) is 1.77. The van der Waals surface area contributed by atoms with Crippen molar-refractivity contribution in [2.24, 2.45) is 5.73 Å². The number of carbonyl (C=O) groups is 2. The van der Waals surface area contributed by atoms with Crippen LogP contribution in [-0.2, 0) is 16.0 Å². The van der Waals surface area contributed by atoms with Gasteiger partial charge in [-0.3, -0.25) is 9.59 Å². The van der Waals surface area contributed by atoms with Crippen LogP contribution in [0.2, 0.25) is 0 Å². The van der Waals surface area contributed by atoms with E-state index >= 15 is 0 Å². The lowest BCUT2D eigenvalue weighted by atomic mass is 10.1. The van der Waals surface area contributed by atoms with E-state index in [1.165, 1.54) is 0 Å². The van der Waals surface area contributed by atoms with Crippen LogP contribution in [0.3, 0.4) is 0 Å². The second kappa shape index (κ2) is 7.53. The molecule has 0 aliphatic heterocycles. The fraction of sp³-hybridized carbons (Fsp3) is 0.429. The van der Waals surface area contributed by atoms with Gasteiger partial charge in [0.05, 0.1) is 6.04 Å². The zero-order valence-electron chi connectivity index (χ0n) is 11.1. The lowest BCUT2D eigenvalue weighted by Gasteiger charge is -2.11. The Balaban J connectivity index is 2.61. The average molecular weight is 264 g/mol. The fourth-order valence-electron chi connectivity index (χ4n) is 1.73. The molecule has 0 heterocycles. The van der Waals surface area contributed by atoms with Crippen LogP contribution in [0.25, 0.3) is 0 Å². The van der Waals surface area contributed by atoms with Crippen molar-refractivity contribution in [2.45, 2.75) is 38.6 Å². The Morgan fingerprint density at radius 2 is 2.16 bits per heavy atom. The second-order valence-electron chi connectivity index (χ2n) is 4.48. The molecule has 0 fully saturated rings. The highest BCUT2D eigenvalue weighted by Crippen LogP contribution is 2.13. The summed E-state index contributed by atoms with van der Waals surface area (Å²) in [5, 5.41) is 11.4. The number of carboxylic acid groups (broad SMARTS) is 1. The van der Waals surface area contributed by atoms with E-state index in [1.807, 2.05) is 13.0 Å². The number of aliphatic carboxylic acids is 1. The Labute approximate surface area is 112 Å². The van der Waals surface area contributed by atoms with Crippen molar-refractivity contribution in [1.29, 1.82) is 0 Å². The third-order valence-corrected chi connectivity index (χ3v) is 2.76. The van der Waals surface area contributed by atoms with Crippen LogP contribution in [0.4, 0.5) is 5.69 Å². The zero-order chi connectivity index (χ0) is 14.3. The maximum atomic E-state index is 11.7. The first-order valence-electron chi connectivity index (χ1n) is 6.40. The molecule has 1 unspecified atom stereocenters. The van der Waals surface area contributed by atoms with Gasteiger partial charge in [0.15, 0.2) is 0 Å². The molecule has 104 valence electrons. The highest BCUT2D eigenvalue weighted by Gasteiger charge is 2.12. The molecule has 19 heavy (non-hydrogen) atoms. The molecule has 1 aromatic carbocycles. The van der Waals surface area contributed by atoms with Gasteiger partial charge in [-0.25, -0.2) is 0 Å². The Morgan fingerprint density at radius 1 is 1.42 bits per heavy atom. The van der Waals surface area contributed by atoms with Crippen molar-refractivity contribution in [3.63, 3.8) is 0 Å². The summed E-state index contributed by atoms with van der Waals surface area (Å²) >= 11 is 0. The predicted molar refractivity (Wildman–Crippen MR) is 73.9 cm³/mol. The van der Waals surface area contributed by atoms with Crippen molar-refractivity contribution >= 4 is 17.6 Å². The molecule has 1 atom stereocenters. The van der Waals surface area contributed by atoms with Crippen LogP contribution in [0, 0.1) is 0 Å². The van der Waals surface area contributed by atoms with Crippen LogP contribution in [0.1, 0.15) is 31.7 Å². The molecule has 0 bridgehead atoms.